The van der Waals surface area contributed by atoms with Crippen molar-refractivity contribution in [2.45, 2.75) is 25.4 Å². The first-order valence-electron chi connectivity index (χ1n) is 5.84. The number of benzene rings is 1. The van der Waals surface area contributed by atoms with Gasteiger partial charge in [0.05, 0.1) is 5.56 Å². The second-order valence-corrected chi connectivity index (χ2v) is 5.46. The van der Waals surface area contributed by atoms with Crippen LogP contribution in [0.15, 0.2) is 12.1 Å². The highest BCUT2D eigenvalue weighted by atomic mass is 32.1. The highest BCUT2D eigenvalue weighted by Gasteiger charge is 2.22. The van der Waals surface area contributed by atoms with Gasteiger partial charge in [-0.2, -0.15) is 0 Å². The Morgan fingerprint density at radius 3 is 2.47 bits per heavy atom. The number of rotatable bonds is 4. The number of hydrogen-bond donors (Lipinski definition) is 1. The molecule has 1 aromatic carbocycles. The minimum Gasteiger partial charge on any atom is -0.308 e. The van der Waals surface area contributed by atoms with Crippen LogP contribution in [0, 0.1) is 17.5 Å². The van der Waals surface area contributed by atoms with Crippen LogP contribution in [-0.4, -0.2) is 16.2 Å². The van der Waals surface area contributed by atoms with Gasteiger partial charge in [0, 0.05) is 24.7 Å². The molecular weight excluding hydrogens is 275 g/mol. The third kappa shape index (κ3) is 2.76. The van der Waals surface area contributed by atoms with Crippen molar-refractivity contribution in [2.24, 2.45) is 0 Å². The Labute approximate surface area is 111 Å². The smallest absolute Gasteiger partial charge is 0.153 e. The average molecular weight is 285 g/mol. The predicted octanol–water partition coefficient (Wildman–Crippen LogP) is 2.87. The van der Waals surface area contributed by atoms with Crippen molar-refractivity contribution < 1.29 is 13.2 Å². The maximum Gasteiger partial charge on any atom is 0.153 e. The molecule has 19 heavy (non-hydrogen) atoms. The van der Waals surface area contributed by atoms with Gasteiger partial charge in [-0.1, -0.05) is 11.3 Å². The fraction of sp³-hybridized carbons (Fsp3) is 0.333. The van der Waals surface area contributed by atoms with Crippen LogP contribution in [0.2, 0.25) is 0 Å². The van der Waals surface area contributed by atoms with E-state index < -0.39 is 17.5 Å². The van der Waals surface area contributed by atoms with E-state index in [1.165, 1.54) is 0 Å². The van der Waals surface area contributed by atoms with Gasteiger partial charge in [0.15, 0.2) is 5.01 Å². The summed E-state index contributed by atoms with van der Waals surface area (Å²) in [6.07, 6.45) is 2.29. The molecule has 1 N–H and O–H groups in total. The van der Waals surface area contributed by atoms with Crippen molar-refractivity contribution >= 4 is 11.3 Å². The van der Waals surface area contributed by atoms with Crippen LogP contribution in [0.4, 0.5) is 13.2 Å². The fourth-order valence-corrected chi connectivity index (χ4v) is 2.53. The molecule has 3 rings (SSSR count). The molecule has 1 aromatic heterocycles. The normalized spacial score (nSPS) is 14.9. The first-order chi connectivity index (χ1) is 9.13. The summed E-state index contributed by atoms with van der Waals surface area (Å²) >= 11 is 1.10. The van der Waals surface area contributed by atoms with Crippen molar-refractivity contribution in [1.29, 1.82) is 0 Å². The minimum absolute atomic E-state index is 0.127. The molecule has 0 aliphatic heterocycles. The summed E-state index contributed by atoms with van der Waals surface area (Å²) in [7, 11) is 0. The largest absolute Gasteiger partial charge is 0.308 e. The monoisotopic (exact) mass is 285 g/mol. The molecule has 1 aliphatic rings. The lowest BCUT2D eigenvalue weighted by atomic mass is 10.2. The highest BCUT2D eigenvalue weighted by molar-refractivity contribution is 7.14. The third-order valence-electron chi connectivity index (χ3n) is 2.81. The van der Waals surface area contributed by atoms with Crippen LogP contribution in [0.5, 0.6) is 0 Å². The summed E-state index contributed by atoms with van der Waals surface area (Å²) in [4.78, 5) is 0. The maximum absolute atomic E-state index is 13.6. The molecule has 1 heterocycles. The Morgan fingerprint density at radius 2 is 1.84 bits per heavy atom. The summed E-state index contributed by atoms with van der Waals surface area (Å²) in [5.74, 6) is -2.87. The zero-order chi connectivity index (χ0) is 13.4. The van der Waals surface area contributed by atoms with Crippen LogP contribution in [0.3, 0.4) is 0 Å². The molecule has 7 heteroatoms. The van der Waals surface area contributed by atoms with Gasteiger partial charge in [0.1, 0.15) is 22.5 Å². The number of nitrogens with one attached hydrogen (secondary N) is 1. The molecule has 3 nitrogen and oxygen atoms in total. The molecule has 0 radical (unpaired) electrons. The van der Waals surface area contributed by atoms with Crippen molar-refractivity contribution in [3.8, 4) is 10.6 Å². The van der Waals surface area contributed by atoms with E-state index >= 15 is 0 Å². The van der Waals surface area contributed by atoms with Gasteiger partial charge in [-0.15, -0.1) is 10.2 Å². The Balaban J connectivity index is 1.85. The molecule has 0 amide bonds. The molecule has 0 spiro atoms. The van der Waals surface area contributed by atoms with Crippen molar-refractivity contribution in [2.75, 3.05) is 0 Å². The lowest BCUT2D eigenvalue weighted by Crippen LogP contribution is -2.14. The zero-order valence-corrected chi connectivity index (χ0v) is 10.6. The van der Waals surface area contributed by atoms with E-state index in [0.29, 0.717) is 29.7 Å². The lowest BCUT2D eigenvalue weighted by Gasteiger charge is -2.00. The Kier molecular flexibility index (Phi) is 3.24. The van der Waals surface area contributed by atoms with E-state index in [0.717, 1.165) is 24.2 Å². The third-order valence-corrected chi connectivity index (χ3v) is 3.75. The highest BCUT2D eigenvalue weighted by Crippen LogP contribution is 2.29. The van der Waals surface area contributed by atoms with Gasteiger partial charge in [0.25, 0.3) is 0 Å². The topological polar surface area (TPSA) is 37.8 Å². The van der Waals surface area contributed by atoms with Gasteiger partial charge in [0.2, 0.25) is 0 Å². The number of nitrogens with zero attached hydrogens (tertiary/aromatic N) is 2. The van der Waals surface area contributed by atoms with Gasteiger partial charge in [-0.3, -0.25) is 0 Å². The van der Waals surface area contributed by atoms with E-state index in [-0.39, 0.29) is 10.6 Å². The molecule has 2 aromatic rings. The number of hydrogen-bond acceptors (Lipinski definition) is 4. The maximum atomic E-state index is 13.6. The van der Waals surface area contributed by atoms with Crippen LogP contribution < -0.4 is 5.32 Å². The molecule has 0 saturated heterocycles. The van der Waals surface area contributed by atoms with E-state index in [1.54, 1.807) is 0 Å². The molecule has 0 atom stereocenters. The summed E-state index contributed by atoms with van der Waals surface area (Å²) in [5, 5.41) is 11.7. The second kappa shape index (κ2) is 4.90. The molecule has 0 bridgehead atoms. The van der Waals surface area contributed by atoms with Crippen LogP contribution in [0.1, 0.15) is 17.8 Å². The van der Waals surface area contributed by atoms with Gasteiger partial charge in [-0.05, 0) is 12.8 Å². The first-order valence-corrected chi connectivity index (χ1v) is 6.66. The SMILES string of the molecule is Fc1cc(F)c(-c2nnc(CNC3CC3)s2)c(F)c1. The second-order valence-electron chi connectivity index (χ2n) is 4.40. The molecule has 1 saturated carbocycles. The van der Waals surface area contributed by atoms with E-state index in [9.17, 15) is 13.2 Å². The standard InChI is InChI=1S/C12H10F3N3S/c13-6-3-8(14)11(9(15)4-6)12-18-17-10(19-12)5-16-7-1-2-7/h3-4,7,16H,1-2,5H2. The average Bonchev–Trinajstić information content (AvgIpc) is 3.05. The molecule has 1 aliphatic carbocycles. The van der Waals surface area contributed by atoms with Crippen LogP contribution in [0.25, 0.3) is 10.6 Å². The van der Waals surface area contributed by atoms with Gasteiger partial charge < -0.3 is 5.32 Å². The first kappa shape index (κ1) is 12.6. The van der Waals surface area contributed by atoms with Crippen molar-refractivity contribution in [3.05, 3.63) is 34.6 Å². The summed E-state index contributed by atoms with van der Waals surface area (Å²) in [6.45, 7) is 0.534. The fourth-order valence-electron chi connectivity index (χ4n) is 1.69. The molecule has 1 fully saturated rings. The Hall–Kier alpha value is -1.47. The minimum atomic E-state index is -0.963. The van der Waals surface area contributed by atoms with Crippen molar-refractivity contribution in [3.63, 3.8) is 0 Å². The molecule has 0 unspecified atom stereocenters. The predicted molar refractivity (Wildman–Crippen MR) is 65.1 cm³/mol. The Morgan fingerprint density at radius 1 is 1.16 bits per heavy atom. The van der Waals surface area contributed by atoms with Gasteiger partial charge in [-0.25, -0.2) is 13.2 Å². The lowest BCUT2D eigenvalue weighted by molar-refractivity contribution is 0.547. The summed E-state index contributed by atoms with van der Waals surface area (Å²) < 4.78 is 40.0. The van der Waals surface area contributed by atoms with Gasteiger partial charge >= 0.3 is 0 Å². The number of halogens is 3. The van der Waals surface area contributed by atoms with Crippen LogP contribution in [-0.2, 0) is 6.54 Å². The quantitative estimate of drug-likeness (QED) is 0.938. The molecule has 100 valence electrons. The van der Waals surface area contributed by atoms with Crippen molar-refractivity contribution in [1.82, 2.24) is 15.5 Å². The van der Waals surface area contributed by atoms with E-state index in [4.69, 9.17) is 0 Å². The number of aromatic nitrogens is 2. The zero-order valence-electron chi connectivity index (χ0n) is 9.79. The van der Waals surface area contributed by atoms with E-state index in [1.807, 2.05) is 0 Å². The van der Waals surface area contributed by atoms with Crippen LogP contribution >= 0.6 is 11.3 Å². The summed E-state index contributed by atoms with van der Waals surface area (Å²) in [6, 6.07) is 1.80. The summed E-state index contributed by atoms with van der Waals surface area (Å²) in [5.41, 5.74) is -0.323. The van der Waals surface area contributed by atoms with E-state index in [2.05, 4.69) is 15.5 Å². The Bertz CT molecular complexity index is 587. The molecular formula is C12H10F3N3S.